The number of amides is 2. The lowest BCUT2D eigenvalue weighted by atomic mass is 10.00. The summed E-state index contributed by atoms with van der Waals surface area (Å²) in [7, 11) is 2.06. The van der Waals surface area contributed by atoms with Gasteiger partial charge in [-0.1, -0.05) is 6.08 Å². The van der Waals surface area contributed by atoms with Crippen LogP contribution in [-0.2, 0) is 4.79 Å². The topological polar surface area (TPSA) is 97.3 Å². The third-order valence-electron chi connectivity index (χ3n) is 5.91. The van der Waals surface area contributed by atoms with E-state index >= 15 is 0 Å². The number of pyridine rings is 1. The second-order valence-corrected chi connectivity index (χ2v) is 8.35. The highest BCUT2D eigenvalue weighted by atomic mass is 16.2. The molecule has 2 aromatic heterocycles. The molecule has 154 valence electrons. The summed E-state index contributed by atoms with van der Waals surface area (Å²) >= 11 is 0. The number of hydrogen-bond acceptors (Lipinski definition) is 5. The smallest absolute Gasteiger partial charge is 0.249 e. The number of aromatic nitrogens is 3. The zero-order valence-corrected chi connectivity index (χ0v) is 17.3. The number of fused-ring (bicyclic) bond motifs is 1. The van der Waals surface area contributed by atoms with Crippen molar-refractivity contribution < 1.29 is 9.59 Å². The van der Waals surface area contributed by atoms with Gasteiger partial charge in [0, 0.05) is 25.7 Å². The Hall–Kier alpha value is -2.74. The van der Waals surface area contributed by atoms with Gasteiger partial charge in [0.15, 0.2) is 5.65 Å². The van der Waals surface area contributed by atoms with E-state index in [4.69, 9.17) is 10.7 Å². The van der Waals surface area contributed by atoms with E-state index in [2.05, 4.69) is 23.1 Å². The number of likely N-dealkylation sites (tertiary alicyclic amines) is 1. The Labute approximate surface area is 170 Å². The minimum Gasteiger partial charge on any atom is -0.366 e. The van der Waals surface area contributed by atoms with E-state index in [0.717, 1.165) is 30.8 Å². The Morgan fingerprint density at radius 1 is 1.28 bits per heavy atom. The van der Waals surface area contributed by atoms with Crippen molar-refractivity contribution >= 4 is 28.4 Å². The van der Waals surface area contributed by atoms with Crippen LogP contribution in [0.25, 0.3) is 16.6 Å². The number of carbonyl (C=O) groups is 2. The van der Waals surface area contributed by atoms with Gasteiger partial charge in [0.2, 0.25) is 11.8 Å². The molecule has 2 aromatic rings. The van der Waals surface area contributed by atoms with Crippen molar-refractivity contribution in [3.8, 4) is 0 Å². The molecule has 0 spiro atoms. The molecule has 2 N–H and O–H groups in total. The molecule has 2 aliphatic rings. The Morgan fingerprint density at radius 3 is 2.66 bits per heavy atom. The van der Waals surface area contributed by atoms with Crippen LogP contribution in [0.15, 0.2) is 18.3 Å². The predicted molar refractivity (Wildman–Crippen MR) is 111 cm³/mol. The fourth-order valence-electron chi connectivity index (χ4n) is 4.26. The van der Waals surface area contributed by atoms with Crippen molar-refractivity contribution in [3.05, 3.63) is 29.6 Å². The number of hydrogen-bond donors (Lipinski definition) is 1. The van der Waals surface area contributed by atoms with Crippen LogP contribution < -0.4 is 5.73 Å². The summed E-state index contributed by atoms with van der Waals surface area (Å²) in [5.74, 6) is -0.143. The van der Waals surface area contributed by atoms with E-state index < -0.39 is 5.91 Å². The lowest BCUT2D eigenvalue weighted by Gasteiger charge is -2.28. The van der Waals surface area contributed by atoms with Crippen LogP contribution in [0.4, 0.5) is 0 Å². The Balaban J connectivity index is 1.61. The summed E-state index contributed by atoms with van der Waals surface area (Å²) in [5, 5.41) is 5.05. The summed E-state index contributed by atoms with van der Waals surface area (Å²) in [6.45, 7) is 7.10. The number of nitrogens with zero attached hydrogens (tertiary/aromatic N) is 5. The molecule has 8 nitrogen and oxygen atoms in total. The number of carbonyl (C=O) groups excluding carboxylic acids is 2. The van der Waals surface area contributed by atoms with E-state index in [1.54, 1.807) is 16.9 Å². The van der Waals surface area contributed by atoms with Gasteiger partial charge in [-0.15, -0.1) is 0 Å². The molecular formula is C21H28N6O2. The van der Waals surface area contributed by atoms with Crippen LogP contribution in [0, 0.1) is 5.92 Å². The summed E-state index contributed by atoms with van der Waals surface area (Å²) < 4.78 is 1.81. The van der Waals surface area contributed by atoms with Crippen molar-refractivity contribution in [1.82, 2.24) is 24.6 Å². The Morgan fingerprint density at radius 2 is 2.07 bits per heavy atom. The first kappa shape index (κ1) is 19.6. The third kappa shape index (κ3) is 3.64. The van der Waals surface area contributed by atoms with Crippen LogP contribution in [0.1, 0.15) is 48.8 Å². The Kier molecular flexibility index (Phi) is 5.12. The van der Waals surface area contributed by atoms with Crippen LogP contribution >= 0.6 is 0 Å². The zero-order valence-electron chi connectivity index (χ0n) is 17.3. The number of primary amides is 1. The summed E-state index contributed by atoms with van der Waals surface area (Å²) in [6, 6.07) is 1.88. The molecule has 0 radical (unpaired) electrons. The highest BCUT2D eigenvalue weighted by Gasteiger charge is 2.30. The molecule has 1 unspecified atom stereocenters. The minimum absolute atomic E-state index is 0.103. The zero-order chi connectivity index (χ0) is 20.7. The van der Waals surface area contributed by atoms with Crippen LogP contribution in [0.5, 0.6) is 0 Å². The molecule has 1 saturated heterocycles. The molecule has 0 aromatic carbocycles. The second kappa shape index (κ2) is 7.59. The second-order valence-electron chi connectivity index (χ2n) is 8.35. The van der Waals surface area contributed by atoms with Crippen molar-refractivity contribution in [1.29, 1.82) is 0 Å². The fourth-order valence-corrected chi connectivity index (χ4v) is 4.26. The molecule has 8 heteroatoms. The van der Waals surface area contributed by atoms with E-state index in [1.807, 2.05) is 18.7 Å². The largest absolute Gasteiger partial charge is 0.366 e. The fraction of sp³-hybridized carbons (Fsp3) is 0.524. The van der Waals surface area contributed by atoms with Gasteiger partial charge >= 0.3 is 0 Å². The van der Waals surface area contributed by atoms with Crippen molar-refractivity contribution in [2.24, 2.45) is 11.7 Å². The van der Waals surface area contributed by atoms with Gasteiger partial charge in [0.25, 0.3) is 0 Å². The third-order valence-corrected chi connectivity index (χ3v) is 5.91. The maximum absolute atomic E-state index is 12.8. The quantitative estimate of drug-likeness (QED) is 0.848. The molecule has 29 heavy (non-hydrogen) atoms. The minimum atomic E-state index is -0.486. The first-order chi connectivity index (χ1) is 13.8. The standard InChI is InChI=1S/C21H28N6O2/c1-13(2)27-20-17(11-23-27)16(19(22)28)10-18(24-20)14-5-8-26(9-6-14)21(29)15-4-7-25(3)12-15/h5,10-11,13,15H,4,6-9,12H2,1-3H3,(H2,22,28). The maximum atomic E-state index is 12.8. The van der Waals surface area contributed by atoms with E-state index in [0.29, 0.717) is 36.1 Å². The van der Waals surface area contributed by atoms with Gasteiger partial charge in [0.05, 0.1) is 28.8 Å². The average Bonchev–Trinajstić information content (AvgIpc) is 3.33. The van der Waals surface area contributed by atoms with Crippen LogP contribution in [-0.4, -0.2) is 69.6 Å². The van der Waals surface area contributed by atoms with Crippen molar-refractivity contribution in [3.63, 3.8) is 0 Å². The van der Waals surface area contributed by atoms with Gasteiger partial charge in [0.1, 0.15) is 0 Å². The van der Waals surface area contributed by atoms with Gasteiger partial charge in [-0.25, -0.2) is 9.67 Å². The lowest BCUT2D eigenvalue weighted by molar-refractivity contribution is -0.134. The predicted octanol–water partition coefficient (Wildman–Crippen LogP) is 1.68. The van der Waals surface area contributed by atoms with Gasteiger partial charge in [-0.05, 0) is 51.9 Å². The molecule has 0 bridgehead atoms. The average molecular weight is 396 g/mol. The van der Waals surface area contributed by atoms with E-state index in [-0.39, 0.29) is 17.9 Å². The molecule has 4 heterocycles. The lowest BCUT2D eigenvalue weighted by Crippen LogP contribution is -2.39. The first-order valence-electron chi connectivity index (χ1n) is 10.2. The van der Waals surface area contributed by atoms with Crippen molar-refractivity contribution in [2.45, 2.75) is 32.7 Å². The Bertz CT molecular complexity index is 992. The SMILES string of the molecule is CC(C)n1ncc2c(C(N)=O)cc(C3=CCN(C(=O)C4CCN(C)C4)CC3)nc21. The molecule has 0 aliphatic carbocycles. The van der Waals surface area contributed by atoms with Gasteiger partial charge in [-0.2, -0.15) is 5.10 Å². The van der Waals surface area contributed by atoms with Crippen molar-refractivity contribution in [2.75, 3.05) is 33.2 Å². The highest BCUT2D eigenvalue weighted by Crippen LogP contribution is 2.28. The molecule has 4 rings (SSSR count). The highest BCUT2D eigenvalue weighted by molar-refractivity contribution is 6.05. The number of nitrogens with two attached hydrogens (primary N) is 1. The first-order valence-corrected chi connectivity index (χ1v) is 10.2. The summed E-state index contributed by atoms with van der Waals surface area (Å²) in [4.78, 5) is 33.7. The van der Waals surface area contributed by atoms with Crippen LogP contribution in [0.2, 0.25) is 0 Å². The molecule has 2 aliphatic heterocycles. The molecule has 1 atom stereocenters. The molecule has 0 saturated carbocycles. The molecule has 2 amide bonds. The van der Waals surface area contributed by atoms with Gasteiger partial charge < -0.3 is 15.5 Å². The summed E-state index contributed by atoms with van der Waals surface area (Å²) in [5.41, 5.74) is 8.51. The normalized spacial score (nSPS) is 20.5. The number of rotatable bonds is 4. The molecular weight excluding hydrogens is 368 g/mol. The summed E-state index contributed by atoms with van der Waals surface area (Å²) in [6.07, 6.45) is 5.35. The van der Waals surface area contributed by atoms with E-state index in [9.17, 15) is 9.59 Å². The maximum Gasteiger partial charge on any atom is 0.249 e. The van der Waals surface area contributed by atoms with Crippen LogP contribution in [0.3, 0.4) is 0 Å². The molecule has 1 fully saturated rings. The monoisotopic (exact) mass is 396 g/mol. The van der Waals surface area contributed by atoms with Gasteiger partial charge in [-0.3, -0.25) is 9.59 Å². The van der Waals surface area contributed by atoms with E-state index in [1.165, 1.54) is 0 Å².